The molecule has 1 heterocycles. The average Bonchev–Trinajstić information content (AvgIpc) is 3.14. The fourth-order valence-corrected chi connectivity index (χ4v) is 3.06. The quantitative estimate of drug-likeness (QED) is 0.162. The number of hydrogen-bond acceptors (Lipinski definition) is 2. The summed E-state index contributed by atoms with van der Waals surface area (Å²) in [6.45, 7) is 3.21. The highest BCUT2D eigenvalue weighted by Gasteiger charge is 2.06. The Labute approximate surface area is 198 Å². The zero-order chi connectivity index (χ0) is 21.3. The molecule has 0 spiro atoms. The van der Waals surface area contributed by atoms with Crippen LogP contribution in [0.3, 0.4) is 0 Å². The van der Waals surface area contributed by atoms with Gasteiger partial charge in [-0.1, -0.05) is 12.0 Å². The third-order valence-electron chi connectivity index (χ3n) is 4.45. The Hall–Kier alpha value is -3.06. The average molecular weight is 533 g/mol. The van der Waals surface area contributed by atoms with Gasteiger partial charge in [0.05, 0.1) is 0 Å². The Bertz CT molecular complexity index is 1100. The van der Waals surface area contributed by atoms with E-state index < -0.39 is 0 Å². The molecule has 0 fully saturated rings. The van der Waals surface area contributed by atoms with Gasteiger partial charge >= 0.3 is 0 Å². The maximum atomic E-state index is 13.3. The molecule has 1 amide bonds. The van der Waals surface area contributed by atoms with Gasteiger partial charge in [0.25, 0.3) is 0 Å². The molecular weight excluding hydrogens is 508 g/mol. The number of rotatable bonds is 7. The Kier molecular flexibility index (Phi) is 9.34. The van der Waals surface area contributed by atoms with E-state index in [-0.39, 0.29) is 42.2 Å². The Morgan fingerprint density at radius 1 is 1.23 bits per heavy atom. The van der Waals surface area contributed by atoms with Gasteiger partial charge in [-0.2, -0.15) is 0 Å². The van der Waals surface area contributed by atoms with E-state index in [2.05, 4.69) is 31.8 Å². The minimum absolute atomic E-state index is 0. The second-order valence-electron chi connectivity index (χ2n) is 6.65. The van der Waals surface area contributed by atoms with Crippen LogP contribution in [0.1, 0.15) is 18.1 Å². The monoisotopic (exact) mass is 533 g/mol. The lowest BCUT2D eigenvalue weighted by atomic mass is 10.1. The number of terminal acetylenes is 1. The molecule has 8 heteroatoms. The summed E-state index contributed by atoms with van der Waals surface area (Å²) in [4.78, 5) is 19.6. The largest absolute Gasteiger partial charge is 0.361 e. The third kappa shape index (κ3) is 7.00. The summed E-state index contributed by atoms with van der Waals surface area (Å²) in [5, 5.41) is 10.1. The molecule has 0 saturated carbocycles. The second-order valence-corrected chi connectivity index (χ2v) is 6.65. The van der Waals surface area contributed by atoms with Crippen molar-refractivity contribution in [3.8, 4) is 12.3 Å². The number of aromatic amines is 1. The van der Waals surface area contributed by atoms with Crippen LogP contribution in [0.25, 0.3) is 10.9 Å². The summed E-state index contributed by atoms with van der Waals surface area (Å²) in [6, 6.07) is 11.8. The van der Waals surface area contributed by atoms with Crippen LogP contribution in [0.5, 0.6) is 0 Å². The van der Waals surface area contributed by atoms with Gasteiger partial charge in [0, 0.05) is 41.4 Å². The van der Waals surface area contributed by atoms with Gasteiger partial charge in [0.2, 0.25) is 5.91 Å². The van der Waals surface area contributed by atoms with E-state index in [0.29, 0.717) is 30.3 Å². The van der Waals surface area contributed by atoms with Gasteiger partial charge < -0.3 is 20.9 Å². The lowest BCUT2D eigenvalue weighted by Gasteiger charge is -2.11. The summed E-state index contributed by atoms with van der Waals surface area (Å²) < 4.78 is 13.3. The molecule has 0 aliphatic rings. The highest BCUT2D eigenvalue weighted by Crippen LogP contribution is 2.19. The summed E-state index contributed by atoms with van der Waals surface area (Å²) in [7, 11) is 0. The minimum atomic E-state index is -0.264. The standard InChI is InChI=1S/C23H24FN5O.HI/c1-3-16-6-5-7-19(12-16)29-22(30)15-28-23(25-4-2)26-11-10-17-14-27-21-13-18(24)8-9-20(17)21;/h1,5-9,12-14,27H,4,10-11,15H2,2H3,(H,29,30)(H2,25,26,28);1H. The number of H-pyrrole nitrogens is 1. The number of benzene rings is 2. The van der Waals surface area contributed by atoms with Crippen molar-refractivity contribution in [1.29, 1.82) is 0 Å². The molecular formula is C23H25FIN5O. The Morgan fingerprint density at radius 2 is 2.06 bits per heavy atom. The molecule has 0 aliphatic heterocycles. The van der Waals surface area contributed by atoms with Crippen molar-refractivity contribution in [1.82, 2.24) is 15.6 Å². The molecule has 1 aromatic heterocycles. The molecule has 31 heavy (non-hydrogen) atoms. The van der Waals surface area contributed by atoms with E-state index in [9.17, 15) is 9.18 Å². The van der Waals surface area contributed by atoms with Gasteiger partial charge in [-0.3, -0.25) is 4.79 Å². The van der Waals surface area contributed by atoms with Crippen molar-refractivity contribution in [2.24, 2.45) is 4.99 Å². The van der Waals surface area contributed by atoms with E-state index in [1.807, 2.05) is 13.1 Å². The number of nitrogens with one attached hydrogen (secondary N) is 4. The number of nitrogens with zero attached hydrogens (tertiary/aromatic N) is 1. The number of amides is 1. The van der Waals surface area contributed by atoms with Gasteiger partial charge in [-0.15, -0.1) is 30.4 Å². The smallest absolute Gasteiger partial charge is 0.246 e. The first-order valence-corrected chi connectivity index (χ1v) is 9.73. The number of hydrogen-bond donors (Lipinski definition) is 4. The van der Waals surface area contributed by atoms with Crippen molar-refractivity contribution >= 4 is 52.4 Å². The highest BCUT2D eigenvalue weighted by molar-refractivity contribution is 14.0. The maximum Gasteiger partial charge on any atom is 0.246 e. The zero-order valence-corrected chi connectivity index (χ0v) is 19.5. The molecule has 3 rings (SSSR count). The minimum Gasteiger partial charge on any atom is -0.361 e. The summed E-state index contributed by atoms with van der Waals surface area (Å²) in [5.41, 5.74) is 3.20. The number of anilines is 1. The number of carbonyl (C=O) groups excluding carboxylic acids is 1. The van der Waals surface area contributed by atoms with Crippen LogP contribution < -0.4 is 16.0 Å². The van der Waals surface area contributed by atoms with Crippen LogP contribution in [0.2, 0.25) is 0 Å². The number of guanidine groups is 1. The van der Waals surface area contributed by atoms with Crippen LogP contribution in [-0.2, 0) is 11.2 Å². The zero-order valence-electron chi connectivity index (χ0n) is 17.2. The molecule has 4 N–H and O–H groups in total. The topological polar surface area (TPSA) is 81.3 Å². The SMILES string of the molecule is C#Cc1cccc(NC(=O)CN=C(NCC)NCCc2c[nH]c3cc(F)ccc23)c1.I. The molecule has 0 unspecified atom stereocenters. The van der Waals surface area contributed by atoms with Crippen LogP contribution in [0, 0.1) is 18.2 Å². The van der Waals surface area contributed by atoms with E-state index in [1.54, 1.807) is 30.3 Å². The first-order valence-electron chi connectivity index (χ1n) is 9.73. The number of carbonyl (C=O) groups is 1. The number of aromatic nitrogens is 1. The van der Waals surface area contributed by atoms with Crippen LogP contribution in [0.15, 0.2) is 53.7 Å². The van der Waals surface area contributed by atoms with E-state index in [1.165, 1.54) is 12.1 Å². The molecule has 162 valence electrons. The van der Waals surface area contributed by atoms with Crippen molar-refractivity contribution in [2.45, 2.75) is 13.3 Å². The molecule has 2 aromatic carbocycles. The van der Waals surface area contributed by atoms with E-state index in [4.69, 9.17) is 6.42 Å². The molecule has 0 bridgehead atoms. The lowest BCUT2D eigenvalue weighted by Crippen LogP contribution is -2.39. The van der Waals surface area contributed by atoms with Gasteiger partial charge in [-0.05, 0) is 55.3 Å². The number of fused-ring (bicyclic) bond motifs is 1. The second kappa shape index (κ2) is 12.0. The van der Waals surface area contributed by atoms with Crippen molar-refractivity contribution in [3.05, 3.63) is 65.6 Å². The fourth-order valence-electron chi connectivity index (χ4n) is 3.06. The summed E-state index contributed by atoms with van der Waals surface area (Å²) >= 11 is 0. The first kappa shape index (κ1) is 24.2. The van der Waals surface area contributed by atoms with Crippen LogP contribution >= 0.6 is 24.0 Å². The lowest BCUT2D eigenvalue weighted by molar-refractivity contribution is -0.114. The van der Waals surface area contributed by atoms with Crippen LogP contribution in [0.4, 0.5) is 10.1 Å². The summed E-state index contributed by atoms with van der Waals surface area (Å²) in [5.74, 6) is 2.59. The number of aliphatic imine (C=N–C) groups is 1. The predicted molar refractivity (Wildman–Crippen MR) is 134 cm³/mol. The van der Waals surface area contributed by atoms with Crippen molar-refractivity contribution in [3.63, 3.8) is 0 Å². The van der Waals surface area contributed by atoms with Crippen molar-refractivity contribution in [2.75, 3.05) is 25.0 Å². The van der Waals surface area contributed by atoms with E-state index in [0.717, 1.165) is 22.9 Å². The Balaban J connectivity index is 0.00000341. The number of halogens is 2. The van der Waals surface area contributed by atoms with Gasteiger partial charge in [0.1, 0.15) is 12.4 Å². The van der Waals surface area contributed by atoms with Crippen molar-refractivity contribution < 1.29 is 9.18 Å². The van der Waals surface area contributed by atoms with Gasteiger partial charge in [0.15, 0.2) is 5.96 Å². The molecule has 0 atom stereocenters. The molecule has 3 aromatic rings. The fraction of sp³-hybridized carbons (Fsp3) is 0.217. The molecule has 0 radical (unpaired) electrons. The Morgan fingerprint density at radius 3 is 2.84 bits per heavy atom. The normalized spacial score (nSPS) is 10.8. The van der Waals surface area contributed by atoms with Gasteiger partial charge in [-0.25, -0.2) is 9.38 Å². The summed E-state index contributed by atoms with van der Waals surface area (Å²) in [6.07, 6.45) is 7.99. The molecule has 0 saturated heterocycles. The first-order chi connectivity index (χ1) is 14.6. The highest BCUT2D eigenvalue weighted by atomic mass is 127. The predicted octanol–water partition coefficient (Wildman–Crippen LogP) is 3.64. The third-order valence-corrected chi connectivity index (χ3v) is 4.45. The maximum absolute atomic E-state index is 13.3. The van der Waals surface area contributed by atoms with E-state index >= 15 is 0 Å². The van der Waals surface area contributed by atoms with Crippen LogP contribution in [-0.4, -0.2) is 36.5 Å². The molecule has 0 aliphatic carbocycles. The molecule has 6 nitrogen and oxygen atoms in total.